The minimum absolute atomic E-state index is 0.0164. The maximum atomic E-state index is 12.9. The van der Waals surface area contributed by atoms with Gasteiger partial charge in [-0.25, -0.2) is 9.97 Å². The third-order valence-electron chi connectivity index (χ3n) is 5.87. The van der Waals surface area contributed by atoms with Gasteiger partial charge in [0.25, 0.3) is 0 Å². The van der Waals surface area contributed by atoms with E-state index in [0.717, 1.165) is 42.0 Å². The Kier molecular flexibility index (Phi) is 4.75. The summed E-state index contributed by atoms with van der Waals surface area (Å²) in [6.07, 6.45) is 3.22. The molecule has 0 spiro atoms. The molecule has 0 saturated carbocycles. The van der Waals surface area contributed by atoms with Crippen molar-refractivity contribution in [2.75, 3.05) is 31.1 Å². The zero-order valence-electron chi connectivity index (χ0n) is 16.0. The highest BCUT2D eigenvalue weighted by Gasteiger charge is 2.35. The second-order valence-corrected chi connectivity index (χ2v) is 8.62. The first kappa shape index (κ1) is 18.2. The zero-order valence-corrected chi connectivity index (χ0v) is 16.8. The van der Waals surface area contributed by atoms with Crippen molar-refractivity contribution >= 4 is 39.2 Å². The Bertz CT molecular complexity index is 888. The van der Waals surface area contributed by atoms with Crippen molar-refractivity contribution in [3.63, 3.8) is 0 Å². The summed E-state index contributed by atoms with van der Waals surface area (Å²) < 4.78 is 0. The first-order valence-corrected chi connectivity index (χ1v) is 10.3. The lowest BCUT2D eigenvalue weighted by molar-refractivity contribution is -0.146. The van der Waals surface area contributed by atoms with Crippen molar-refractivity contribution in [3.05, 3.63) is 16.8 Å². The van der Waals surface area contributed by atoms with Crippen LogP contribution in [0.25, 0.3) is 10.2 Å². The summed E-state index contributed by atoms with van der Waals surface area (Å²) in [5, 5.41) is 3.96. The maximum Gasteiger partial charge on any atom is 0.242 e. The van der Waals surface area contributed by atoms with Gasteiger partial charge in [-0.15, -0.1) is 11.3 Å². The first-order valence-electron chi connectivity index (χ1n) is 9.51. The van der Waals surface area contributed by atoms with E-state index in [4.69, 9.17) is 0 Å². The first-order chi connectivity index (χ1) is 13.0. The summed E-state index contributed by atoms with van der Waals surface area (Å²) in [4.78, 5) is 40.1. The Balaban J connectivity index is 1.48. The number of carbonyl (C=O) groups excluding carboxylic acids is 2. The molecular weight excluding hydrogens is 362 g/mol. The van der Waals surface area contributed by atoms with E-state index in [1.807, 2.05) is 0 Å². The highest BCUT2D eigenvalue weighted by atomic mass is 32.1. The molecule has 2 amide bonds. The van der Waals surface area contributed by atoms with E-state index in [1.165, 1.54) is 10.4 Å². The van der Waals surface area contributed by atoms with Gasteiger partial charge in [0.05, 0.1) is 5.39 Å². The molecule has 0 radical (unpaired) electrons. The number of hydrogen-bond donors (Lipinski definition) is 1. The fourth-order valence-electron chi connectivity index (χ4n) is 4.06. The number of hydrogen-bond acceptors (Lipinski definition) is 6. The number of piperazine rings is 1. The molecule has 1 atom stereocenters. The number of rotatable bonds is 2. The number of aromatic nitrogens is 2. The number of nitrogens with one attached hydrogen (secondary N) is 1. The van der Waals surface area contributed by atoms with E-state index in [1.54, 1.807) is 29.5 Å². The van der Waals surface area contributed by atoms with Gasteiger partial charge in [0.2, 0.25) is 11.8 Å². The van der Waals surface area contributed by atoms with Crippen LogP contribution in [-0.4, -0.2) is 58.9 Å². The van der Waals surface area contributed by atoms with Crippen LogP contribution in [0.1, 0.15) is 30.2 Å². The minimum Gasteiger partial charge on any atom is -0.356 e. The highest BCUT2D eigenvalue weighted by molar-refractivity contribution is 7.18. The van der Waals surface area contributed by atoms with Crippen molar-refractivity contribution in [2.24, 2.45) is 5.92 Å². The summed E-state index contributed by atoms with van der Waals surface area (Å²) in [7, 11) is 0. The Hall–Kier alpha value is -2.22. The normalized spacial score (nSPS) is 21.6. The number of amides is 2. The summed E-state index contributed by atoms with van der Waals surface area (Å²) in [5.41, 5.74) is 1.25. The summed E-state index contributed by atoms with van der Waals surface area (Å²) in [5.74, 6) is 1.03. The molecule has 144 valence electrons. The molecule has 4 heterocycles. The summed E-state index contributed by atoms with van der Waals surface area (Å²) >= 11 is 1.71. The number of nitrogens with zero attached hydrogens (tertiary/aromatic N) is 4. The van der Waals surface area contributed by atoms with E-state index in [9.17, 15) is 9.59 Å². The summed E-state index contributed by atoms with van der Waals surface area (Å²) in [6.45, 7) is 8.79. The Labute approximate surface area is 162 Å². The topological polar surface area (TPSA) is 78.4 Å². The van der Waals surface area contributed by atoms with Gasteiger partial charge in [-0.2, -0.15) is 0 Å². The molecule has 2 saturated heterocycles. The van der Waals surface area contributed by atoms with Crippen molar-refractivity contribution in [1.29, 1.82) is 0 Å². The van der Waals surface area contributed by atoms with Gasteiger partial charge in [0.15, 0.2) is 0 Å². The van der Waals surface area contributed by atoms with Crippen LogP contribution < -0.4 is 10.2 Å². The third-order valence-corrected chi connectivity index (χ3v) is 6.99. The van der Waals surface area contributed by atoms with Crippen LogP contribution in [-0.2, 0) is 9.59 Å². The lowest BCUT2D eigenvalue weighted by atomic mass is 9.94. The van der Waals surface area contributed by atoms with Gasteiger partial charge in [-0.1, -0.05) is 0 Å². The smallest absolute Gasteiger partial charge is 0.242 e. The molecule has 2 aliphatic heterocycles. The largest absolute Gasteiger partial charge is 0.356 e. The van der Waals surface area contributed by atoms with E-state index in [2.05, 4.69) is 34.0 Å². The van der Waals surface area contributed by atoms with E-state index in [-0.39, 0.29) is 23.8 Å². The molecule has 0 aliphatic carbocycles. The molecule has 2 aliphatic rings. The van der Waals surface area contributed by atoms with Gasteiger partial charge >= 0.3 is 0 Å². The number of aryl methyl sites for hydroxylation is 2. The van der Waals surface area contributed by atoms with E-state index >= 15 is 0 Å². The molecule has 4 rings (SSSR count). The lowest BCUT2D eigenvalue weighted by Crippen LogP contribution is -2.57. The maximum absolute atomic E-state index is 12.9. The minimum atomic E-state index is -0.373. The highest BCUT2D eigenvalue weighted by Crippen LogP contribution is 2.35. The zero-order chi connectivity index (χ0) is 19.1. The third kappa shape index (κ3) is 3.16. The van der Waals surface area contributed by atoms with Gasteiger partial charge in [-0.3, -0.25) is 9.59 Å². The molecule has 2 aromatic rings. The molecule has 2 aromatic heterocycles. The SMILES string of the molecule is Cc1sc2ncnc(N3CCC(C(=O)N4CCNC(=O)C4C)CC3)c2c1C. The fraction of sp³-hybridized carbons (Fsp3) is 0.579. The standard InChI is InChI=1S/C19H25N5O2S/c1-11-13(3)27-18-15(11)16(21-10-22-18)23-7-4-14(5-8-23)19(26)24-9-6-20-17(25)12(24)2/h10,12,14H,4-9H2,1-3H3,(H,20,25). The molecular formula is C19H25N5O2S. The number of carbonyl (C=O) groups is 2. The molecule has 27 heavy (non-hydrogen) atoms. The van der Waals surface area contributed by atoms with Crippen LogP contribution in [0.5, 0.6) is 0 Å². The van der Waals surface area contributed by atoms with Crippen LogP contribution in [0, 0.1) is 19.8 Å². The molecule has 1 unspecified atom stereocenters. The van der Waals surface area contributed by atoms with Crippen molar-refractivity contribution in [1.82, 2.24) is 20.2 Å². The second-order valence-electron chi connectivity index (χ2n) is 7.42. The van der Waals surface area contributed by atoms with Crippen molar-refractivity contribution in [2.45, 2.75) is 39.7 Å². The van der Waals surface area contributed by atoms with E-state index < -0.39 is 0 Å². The number of thiophene rings is 1. The lowest BCUT2D eigenvalue weighted by Gasteiger charge is -2.38. The van der Waals surface area contributed by atoms with Crippen LogP contribution in [0.2, 0.25) is 0 Å². The molecule has 8 heteroatoms. The monoisotopic (exact) mass is 387 g/mol. The Morgan fingerprint density at radius 3 is 2.70 bits per heavy atom. The predicted octanol–water partition coefficient (Wildman–Crippen LogP) is 1.87. The van der Waals surface area contributed by atoms with Crippen LogP contribution in [0.15, 0.2) is 6.33 Å². The molecule has 1 N–H and O–H groups in total. The quantitative estimate of drug-likeness (QED) is 0.851. The number of anilines is 1. The summed E-state index contributed by atoms with van der Waals surface area (Å²) in [6, 6.07) is -0.373. The molecule has 7 nitrogen and oxygen atoms in total. The molecule has 0 bridgehead atoms. The van der Waals surface area contributed by atoms with Gasteiger partial charge in [-0.05, 0) is 39.2 Å². The van der Waals surface area contributed by atoms with Crippen molar-refractivity contribution < 1.29 is 9.59 Å². The van der Waals surface area contributed by atoms with E-state index in [0.29, 0.717) is 13.1 Å². The molecule has 2 fully saturated rings. The van der Waals surface area contributed by atoms with Crippen LogP contribution in [0.4, 0.5) is 5.82 Å². The van der Waals surface area contributed by atoms with Crippen LogP contribution >= 0.6 is 11.3 Å². The van der Waals surface area contributed by atoms with Gasteiger partial charge in [0.1, 0.15) is 23.0 Å². The van der Waals surface area contributed by atoms with Crippen LogP contribution in [0.3, 0.4) is 0 Å². The Morgan fingerprint density at radius 1 is 1.22 bits per heavy atom. The number of piperidine rings is 1. The Morgan fingerprint density at radius 2 is 1.96 bits per heavy atom. The molecule has 0 aromatic carbocycles. The predicted molar refractivity (Wildman–Crippen MR) is 106 cm³/mol. The average Bonchev–Trinajstić information content (AvgIpc) is 2.98. The fourth-order valence-corrected chi connectivity index (χ4v) is 5.05. The van der Waals surface area contributed by atoms with Gasteiger partial charge < -0.3 is 15.1 Å². The van der Waals surface area contributed by atoms with Crippen molar-refractivity contribution in [3.8, 4) is 0 Å². The number of fused-ring (bicyclic) bond motifs is 1. The second kappa shape index (κ2) is 7.07. The average molecular weight is 388 g/mol. The van der Waals surface area contributed by atoms with Gasteiger partial charge in [0, 0.05) is 37.0 Å².